The van der Waals surface area contributed by atoms with E-state index in [1.165, 1.54) is 0 Å². The summed E-state index contributed by atoms with van der Waals surface area (Å²) in [4.78, 5) is 11.6. The Hall–Kier alpha value is -1.21. The molecule has 0 bridgehead atoms. The average molecular weight is 258 g/mol. The zero-order chi connectivity index (χ0) is 12.8. The first-order chi connectivity index (χ1) is 8.06. The van der Waals surface area contributed by atoms with Gasteiger partial charge in [-0.05, 0) is 12.2 Å². The largest absolute Gasteiger partial charge is 0.383 e. The highest BCUT2D eigenvalue weighted by atomic mass is 32.1. The van der Waals surface area contributed by atoms with Gasteiger partial charge in [-0.1, -0.05) is 13.8 Å². The van der Waals surface area contributed by atoms with Gasteiger partial charge in [-0.2, -0.15) is 5.10 Å². The lowest BCUT2D eigenvalue weighted by Crippen LogP contribution is -2.31. The Morgan fingerprint density at radius 2 is 2.35 bits per heavy atom. The van der Waals surface area contributed by atoms with Gasteiger partial charge in [0.15, 0.2) is 4.77 Å². The monoisotopic (exact) mass is 258 g/mol. The smallest absolute Gasteiger partial charge is 0.240 e. The second-order valence-corrected chi connectivity index (χ2v) is 4.36. The summed E-state index contributed by atoms with van der Waals surface area (Å²) in [5.41, 5.74) is 0. The van der Waals surface area contributed by atoms with Gasteiger partial charge in [-0.3, -0.25) is 14.5 Å². The lowest BCUT2D eigenvalue weighted by Gasteiger charge is -2.09. The second kappa shape index (κ2) is 6.51. The van der Waals surface area contributed by atoms with Gasteiger partial charge in [0.25, 0.3) is 0 Å². The van der Waals surface area contributed by atoms with E-state index < -0.39 is 0 Å². The molecular formula is C10H18N4O2S. The highest BCUT2D eigenvalue weighted by molar-refractivity contribution is 7.71. The molecule has 1 aromatic rings. The van der Waals surface area contributed by atoms with Crippen molar-refractivity contribution in [1.29, 1.82) is 0 Å². The van der Waals surface area contributed by atoms with E-state index in [1.54, 1.807) is 11.7 Å². The number of aromatic nitrogens is 3. The number of aromatic amines is 1. The van der Waals surface area contributed by atoms with Gasteiger partial charge in [0.2, 0.25) is 5.91 Å². The Kier molecular flexibility index (Phi) is 5.30. The van der Waals surface area contributed by atoms with Crippen molar-refractivity contribution in [1.82, 2.24) is 20.1 Å². The number of hydrogen-bond donors (Lipinski definition) is 2. The van der Waals surface area contributed by atoms with Crippen molar-refractivity contribution >= 4 is 18.1 Å². The number of H-pyrrole nitrogens is 1. The van der Waals surface area contributed by atoms with Gasteiger partial charge in [-0.15, -0.1) is 0 Å². The van der Waals surface area contributed by atoms with Crippen LogP contribution < -0.4 is 5.32 Å². The molecule has 0 aliphatic carbocycles. The van der Waals surface area contributed by atoms with Crippen LogP contribution in [0.15, 0.2) is 0 Å². The summed E-state index contributed by atoms with van der Waals surface area (Å²) in [7, 11) is 1.59. The van der Waals surface area contributed by atoms with E-state index in [4.69, 9.17) is 17.0 Å². The third kappa shape index (κ3) is 3.94. The average Bonchev–Trinajstić information content (AvgIpc) is 2.61. The first kappa shape index (κ1) is 13.9. The summed E-state index contributed by atoms with van der Waals surface area (Å²) in [6.45, 7) is 5.19. The van der Waals surface area contributed by atoms with Crippen LogP contribution in [0.5, 0.6) is 0 Å². The lowest BCUT2D eigenvalue weighted by atomic mass is 10.2. The minimum absolute atomic E-state index is 0.0959. The van der Waals surface area contributed by atoms with E-state index in [0.29, 0.717) is 17.9 Å². The lowest BCUT2D eigenvalue weighted by molar-refractivity contribution is -0.121. The van der Waals surface area contributed by atoms with Crippen molar-refractivity contribution in [3.63, 3.8) is 0 Å². The van der Waals surface area contributed by atoms with E-state index in [9.17, 15) is 4.79 Å². The number of rotatable bonds is 6. The Balaban J connectivity index is 2.64. The van der Waals surface area contributed by atoms with Crippen molar-refractivity contribution in [2.24, 2.45) is 0 Å². The molecule has 0 spiro atoms. The number of carbonyl (C=O) groups is 1. The third-order valence-electron chi connectivity index (χ3n) is 2.23. The number of methoxy groups -OCH3 is 1. The quantitative estimate of drug-likeness (QED) is 0.585. The predicted octanol–water partition coefficient (Wildman–Crippen LogP) is 0.827. The van der Waals surface area contributed by atoms with Crippen molar-refractivity contribution < 1.29 is 9.53 Å². The summed E-state index contributed by atoms with van der Waals surface area (Å²) in [6, 6.07) is 0. The Labute approximate surface area is 105 Å². The SMILES string of the molecule is COCCNC(=O)Cn1c(C(C)C)n[nH]c1=S. The summed E-state index contributed by atoms with van der Waals surface area (Å²) < 4.78 is 7.03. The van der Waals surface area contributed by atoms with Crippen LogP contribution in [0.4, 0.5) is 0 Å². The van der Waals surface area contributed by atoms with Crippen LogP contribution in [-0.4, -0.2) is 40.9 Å². The number of hydrogen-bond acceptors (Lipinski definition) is 4. The van der Waals surface area contributed by atoms with Crippen LogP contribution >= 0.6 is 12.2 Å². The molecule has 1 rings (SSSR count). The molecule has 1 amide bonds. The van der Waals surface area contributed by atoms with Crippen LogP contribution in [0, 0.1) is 4.77 Å². The molecule has 17 heavy (non-hydrogen) atoms. The minimum atomic E-state index is -0.0959. The number of nitrogens with zero attached hydrogens (tertiary/aromatic N) is 2. The van der Waals surface area contributed by atoms with Crippen molar-refractivity contribution in [3.05, 3.63) is 10.6 Å². The molecule has 1 heterocycles. The first-order valence-corrected chi connectivity index (χ1v) is 5.87. The molecule has 0 aliphatic heterocycles. The molecule has 0 aliphatic rings. The molecule has 0 fully saturated rings. The van der Waals surface area contributed by atoms with E-state index in [1.807, 2.05) is 13.8 Å². The van der Waals surface area contributed by atoms with Crippen LogP contribution in [-0.2, 0) is 16.1 Å². The fourth-order valence-electron chi connectivity index (χ4n) is 1.42. The van der Waals surface area contributed by atoms with Crippen LogP contribution in [0.1, 0.15) is 25.6 Å². The maximum Gasteiger partial charge on any atom is 0.240 e. The molecule has 7 heteroatoms. The highest BCUT2D eigenvalue weighted by Gasteiger charge is 2.12. The third-order valence-corrected chi connectivity index (χ3v) is 2.55. The van der Waals surface area contributed by atoms with E-state index in [2.05, 4.69) is 15.5 Å². The Morgan fingerprint density at radius 1 is 1.65 bits per heavy atom. The molecule has 0 radical (unpaired) electrons. The molecule has 0 saturated carbocycles. The zero-order valence-corrected chi connectivity index (χ0v) is 11.1. The maximum absolute atomic E-state index is 11.6. The standard InChI is InChI=1S/C10H18N4O2S/c1-7(2)9-12-13-10(17)14(9)6-8(15)11-4-5-16-3/h7H,4-6H2,1-3H3,(H,11,15)(H,13,17). The fraction of sp³-hybridized carbons (Fsp3) is 0.700. The number of ether oxygens (including phenoxy) is 1. The fourth-order valence-corrected chi connectivity index (χ4v) is 1.62. The van der Waals surface area contributed by atoms with Crippen molar-refractivity contribution in [2.45, 2.75) is 26.3 Å². The molecule has 2 N–H and O–H groups in total. The second-order valence-electron chi connectivity index (χ2n) is 3.97. The zero-order valence-electron chi connectivity index (χ0n) is 10.3. The Morgan fingerprint density at radius 3 is 2.94 bits per heavy atom. The molecular weight excluding hydrogens is 240 g/mol. The summed E-state index contributed by atoms with van der Waals surface area (Å²) in [5.74, 6) is 0.910. The van der Waals surface area contributed by atoms with E-state index in [0.717, 1.165) is 5.82 Å². The predicted molar refractivity (Wildman–Crippen MR) is 66.4 cm³/mol. The normalized spacial score (nSPS) is 10.8. The maximum atomic E-state index is 11.6. The minimum Gasteiger partial charge on any atom is -0.383 e. The van der Waals surface area contributed by atoms with Gasteiger partial charge in [0.1, 0.15) is 12.4 Å². The van der Waals surface area contributed by atoms with E-state index in [-0.39, 0.29) is 18.4 Å². The van der Waals surface area contributed by atoms with Crippen molar-refractivity contribution in [3.8, 4) is 0 Å². The molecule has 0 saturated heterocycles. The van der Waals surface area contributed by atoms with Crippen LogP contribution in [0.2, 0.25) is 0 Å². The van der Waals surface area contributed by atoms with Crippen molar-refractivity contribution in [2.75, 3.05) is 20.3 Å². The number of carbonyl (C=O) groups excluding carboxylic acids is 1. The Bertz CT molecular complexity index is 424. The summed E-state index contributed by atoms with van der Waals surface area (Å²) >= 11 is 5.09. The summed E-state index contributed by atoms with van der Waals surface area (Å²) in [5, 5.41) is 9.55. The first-order valence-electron chi connectivity index (χ1n) is 5.47. The summed E-state index contributed by atoms with van der Waals surface area (Å²) in [6.07, 6.45) is 0. The van der Waals surface area contributed by atoms with Gasteiger partial charge >= 0.3 is 0 Å². The van der Waals surface area contributed by atoms with Crippen LogP contribution in [0.3, 0.4) is 0 Å². The van der Waals surface area contributed by atoms with Gasteiger partial charge < -0.3 is 10.1 Å². The molecule has 96 valence electrons. The van der Waals surface area contributed by atoms with Crippen LogP contribution in [0.25, 0.3) is 0 Å². The van der Waals surface area contributed by atoms with Gasteiger partial charge in [0, 0.05) is 19.6 Å². The topological polar surface area (TPSA) is 71.9 Å². The van der Waals surface area contributed by atoms with Gasteiger partial charge in [-0.25, -0.2) is 0 Å². The number of nitrogens with one attached hydrogen (secondary N) is 2. The highest BCUT2D eigenvalue weighted by Crippen LogP contribution is 2.11. The molecule has 0 unspecified atom stereocenters. The number of amides is 1. The van der Waals surface area contributed by atoms with E-state index >= 15 is 0 Å². The molecule has 1 aromatic heterocycles. The molecule has 6 nitrogen and oxygen atoms in total. The van der Waals surface area contributed by atoms with Gasteiger partial charge in [0.05, 0.1) is 6.61 Å². The molecule has 0 atom stereocenters. The molecule has 0 aromatic carbocycles.